The minimum absolute atomic E-state index is 0.133. The Hall–Kier alpha value is -2.24. The molecule has 5 heteroatoms. The molecule has 0 radical (unpaired) electrons. The Morgan fingerprint density at radius 1 is 1.28 bits per heavy atom. The number of nitrogens with zero attached hydrogens (tertiary/aromatic N) is 2. The molecule has 5 nitrogen and oxygen atoms in total. The van der Waals surface area contributed by atoms with E-state index in [4.69, 9.17) is 0 Å². The summed E-state index contributed by atoms with van der Waals surface area (Å²) < 4.78 is 0. The standard InChI is InChI=1S/C20H25N3O2/c1-15-19(6-3-9-21-15)20(25)22-18-5-2-4-17(12-18)13-23-10-7-16(14-24)8-11-23/h2-6,9,12,16,24H,7-8,10-11,13-14H2,1H3,(H,22,25). The maximum absolute atomic E-state index is 12.4. The molecule has 25 heavy (non-hydrogen) atoms. The number of hydrogen-bond donors (Lipinski definition) is 2. The molecule has 0 bridgehead atoms. The first-order valence-electron chi connectivity index (χ1n) is 8.81. The predicted octanol–water partition coefficient (Wildman–Crippen LogP) is 2.85. The molecule has 0 unspecified atom stereocenters. The number of carbonyl (C=O) groups excluding carboxylic acids is 1. The normalized spacial score (nSPS) is 15.9. The first kappa shape index (κ1) is 17.6. The molecule has 2 aromatic rings. The summed E-state index contributed by atoms with van der Waals surface area (Å²) in [6, 6.07) is 11.6. The van der Waals surface area contributed by atoms with Crippen molar-refractivity contribution in [3.63, 3.8) is 0 Å². The molecule has 1 amide bonds. The number of aliphatic hydroxyl groups excluding tert-OH is 1. The average Bonchev–Trinajstić information content (AvgIpc) is 2.63. The SMILES string of the molecule is Cc1ncccc1C(=O)Nc1cccc(CN2CCC(CO)CC2)c1. The summed E-state index contributed by atoms with van der Waals surface area (Å²) in [7, 11) is 0. The van der Waals surface area contributed by atoms with Gasteiger partial charge in [-0.3, -0.25) is 14.7 Å². The van der Waals surface area contributed by atoms with Gasteiger partial charge in [-0.05, 0) is 68.6 Å². The number of benzene rings is 1. The summed E-state index contributed by atoms with van der Waals surface area (Å²) in [5.74, 6) is 0.316. The number of nitrogens with one attached hydrogen (secondary N) is 1. The van der Waals surface area contributed by atoms with Crippen molar-refractivity contribution in [3.05, 3.63) is 59.4 Å². The van der Waals surface area contributed by atoms with Crippen molar-refractivity contribution in [2.24, 2.45) is 5.92 Å². The van der Waals surface area contributed by atoms with E-state index in [0.29, 0.717) is 18.1 Å². The lowest BCUT2D eigenvalue weighted by atomic mass is 9.97. The first-order valence-corrected chi connectivity index (χ1v) is 8.81. The van der Waals surface area contributed by atoms with Gasteiger partial charge in [0.2, 0.25) is 0 Å². The minimum Gasteiger partial charge on any atom is -0.396 e. The number of amides is 1. The zero-order chi connectivity index (χ0) is 17.6. The van der Waals surface area contributed by atoms with Crippen LogP contribution >= 0.6 is 0 Å². The fourth-order valence-electron chi connectivity index (χ4n) is 3.26. The second-order valence-corrected chi connectivity index (χ2v) is 6.69. The monoisotopic (exact) mass is 339 g/mol. The number of pyridine rings is 1. The van der Waals surface area contributed by atoms with Crippen LogP contribution in [0, 0.1) is 12.8 Å². The van der Waals surface area contributed by atoms with E-state index in [1.165, 1.54) is 5.56 Å². The summed E-state index contributed by atoms with van der Waals surface area (Å²) in [6.45, 7) is 5.02. The minimum atomic E-state index is -0.133. The Morgan fingerprint density at radius 2 is 2.08 bits per heavy atom. The molecule has 3 rings (SSSR count). The van der Waals surface area contributed by atoms with Crippen molar-refractivity contribution >= 4 is 11.6 Å². The van der Waals surface area contributed by atoms with Crippen molar-refractivity contribution in [3.8, 4) is 0 Å². The van der Waals surface area contributed by atoms with Gasteiger partial charge < -0.3 is 10.4 Å². The van der Waals surface area contributed by atoms with E-state index >= 15 is 0 Å². The Balaban J connectivity index is 1.62. The fourth-order valence-corrected chi connectivity index (χ4v) is 3.26. The lowest BCUT2D eigenvalue weighted by molar-refractivity contribution is 0.102. The van der Waals surface area contributed by atoms with Crippen LogP contribution in [-0.4, -0.2) is 40.6 Å². The molecule has 2 heterocycles. The van der Waals surface area contributed by atoms with Crippen LogP contribution in [0.2, 0.25) is 0 Å². The molecule has 1 aromatic heterocycles. The molecule has 0 saturated carbocycles. The van der Waals surface area contributed by atoms with E-state index in [1.54, 1.807) is 18.3 Å². The molecule has 1 fully saturated rings. The molecule has 1 aliphatic rings. The summed E-state index contributed by atoms with van der Waals surface area (Å²) in [5, 5.41) is 12.2. The highest BCUT2D eigenvalue weighted by atomic mass is 16.3. The van der Waals surface area contributed by atoms with E-state index < -0.39 is 0 Å². The van der Waals surface area contributed by atoms with Gasteiger partial charge in [-0.15, -0.1) is 0 Å². The fraction of sp³-hybridized carbons (Fsp3) is 0.400. The quantitative estimate of drug-likeness (QED) is 0.879. The third-order valence-electron chi connectivity index (χ3n) is 4.81. The summed E-state index contributed by atoms with van der Waals surface area (Å²) >= 11 is 0. The number of anilines is 1. The zero-order valence-electron chi connectivity index (χ0n) is 14.6. The Kier molecular flexibility index (Phi) is 5.79. The van der Waals surface area contributed by atoms with Crippen molar-refractivity contribution in [1.82, 2.24) is 9.88 Å². The molecular weight excluding hydrogens is 314 g/mol. The number of aromatic nitrogens is 1. The third kappa shape index (κ3) is 4.65. The Morgan fingerprint density at radius 3 is 2.80 bits per heavy atom. The second kappa shape index (κ2) is 8.23. The molecule has 0 atom stereocenters. The number of hydrogen-bond acceptors (Lipinski definition) is 4. The molecule has 1 aromatic carbocycles. The Bertz CT molecular complexity index is 724. The van der Waals surface area contributed by atoms with E-state index in [1.807, 2.05) is 25.1 Å². The zero-order valence-corrected chi connectivity index (χ0v) is 14.6. The highest BCUT2D eigenvalue weighted by Gasteiger charge is 2.18. The van der Waals surface area contributed by atoms with Gasteiger partial charge in [0.25, 0.3) is 5.91 Å². The van der Waals surface area contributed by atoms with Crippen molar-refractivity contribution in [1.29, 1.82) is 0 Å². The van der Waals surface area contributed by atoms with Gasteiger partial charge in [0.15, 0.2) is 0 Å². The van der Waals surface area contributed by atoms with Crippen LogP contribution in [0.5, 0.6) is 0 Å². The molecule has 0 aliphatic carbocycles. The van der Waals surface area contributed by atoms with Crippen LogP contribution < -0.4 is 5.32 Å². The van der Waals surface area contributed by atoms with Gasteiger partial charge >= 0.3 is 0 Å². The topological polar surface area (TPSA) is 65.5 Å². The van der Waals surface area contributed by atoms with Crippen LogP contribution in [-0.2, 0) is 6.54 Å². The van der Waals surface area contributed by atoms with Crippen LogP contribution in [0.15, 0.2) is 42.6 Å². The van der Waals surface area contributed by atoms with Gasteiger partial charge in [-0.2, -0.15) is 0 Å². The summed E-state index contributed by atoms with van der Waals surface area (Å²) in [5.41, 5.74) is 3.31. The molecule has 132 valence electrons. The van der Waals surface area contributed by atoms with E-state index in [0.717, 1.165) is 43.9 Å². The van der Waals surface area contributed by atoms with Crippen molar-refractivity contribution < 1.29 is 9.90 Å². The van der Waals surface area contributed by atoms with E-state index in [-0.39, 0.29) is 5.91 Å². The molecule has 2 N–H and O–H groups in total. The summed E-state index contributed by atoms with van der Waals surface area (Å²) in [6.07, 6.45) is 3.78. The number of carbonyl (C=O) groups is 1. The highest BCUT2D eigenvalue weighted by molar-refractivity contribution is 6.04. The maximum atomic E-state index is 12.4. The summed E-state index contributed by atoms with van der Waals surface area (Å²) in [4.78, 5) is 19.0. The third-order valence-corrected chi connectivity index (χ3v) is 4.81. The van der Waals surface area contributed by atoms with E-state index in [2.05, 4.69) is 21.3 Å². The van der Waals surface area contributed by atoms with Crippen LogP contribution in [0.1, 0.15) is 34.5 Å². The molecule has 0 spiro atoms. The molecule has 1 saturated heterocycles. The smallest absolute Gasteiger partial charge is 0.257 e. The number of likely N-dealkylation sites (tertiary alicyclic amines) is 1. The van der Waals surface area contributed by atoms with Gasteiger partial charge in [0.1, 0.15) is 0 Å². The number of piperidine rings is 1. The molecular formula is C20H25N3O2. The molecule has 1 aliphatic heterocycles. The average molecular weight is 339 g/mol. The van der Waals surface area contributed by atoms with Gasteiger partial charge in [0.05, 0.1) is 5.56 Å². The van der Waals surface area contributed by atoms with Crippen LogP contribution in [0.3, 0.4) is 0 Å². The lowest BCUT2D eigenvalue weighted by Gasteiger charge is -2.31. The maximum Gasteiger partial charge on any atom is 0.257 e. The highest BCUT2D eigenvalue weighted by Crippen LogP contribution is 2.20. The largest absolute Gasteiger partial charge is 0.396 e. The Labute approximate surface area is 148 Å². The van der Waals surface area contributed by atoms with Gasteiger partial charge in [-0.1, -0.05) is 12.1 Å². The van der Waals surface area contributed by atoms with Crippen LogP contribution in [0.25, 0.3) is 0 Å². The van der Waals surface area contributed by atoms with Gasteiger partial charge in [0, 0.05) is 30.7 Å². The first-order chi connectivity index (χ1) is 12.2. The number of aryl methyl sites for hydroxylation is 1. The lowest BCUT2D eigenvalue weighted by Crippen LogP contribution is -2.34. The van der Waals surface area contributed by atoms with Crippen LogP contribution in [0.4, 0.5) is 5.69 Å². The van der Waals surface area contributed by atoms with Crippen molar-refractivity contribution in [2.45, 2.75) is 26.3 Å². The second-order valence-electron chi connectivity index (χ2n) is 6.69. The predicted molar refractivity (Wildman–Crippen MR) is 98.5 cm³/mol. The number of rotatable bonds is 5. The van der Waals surface area contributed by atoms with Crippen molar-refractivity contribution in [2.75, 3.05) is 25.0 Å². The number of aliphatic hydroxyl groups is 1. The van der Waals surface area contributed by atoms with E-state index in [9.17, 15) is 9.90 Å². The van der Waals surface area contributed by atoms with Gasteiger partial charge in [-0.25, -0.2) is 0 Å².